The second-order valence-electron chi connectivity index (χ2n) is 8.77. The van der Waals surface area contributed by atoms with Gasteiger partial charge >= 0.3 is 6.03 Å². The zero-order chi connectivity index (χ0) is 27.9. The molecule has 3 aromatic carbocycles. The van der Waals surface area contributed by atoms with Crippen LogP contribution >= 0.6 is 11.3 Å². The fraction of sp³-hybridized carbons (Fsp3) is 0.0667. The first-order valence-corrected chi connectivity index (χ1v) is 13.2. The lowest BCUT2D eigenvalue weighted by atomic mass is 10.1. The molecule has 0 saturated carbocycles. The van der Waals surface area contributed by atoms with Crippen LogP contribution in [-0.2, 0) is 0 Å². The number of hydrogen-bond acceptors (Lipinski definition) is 7. The number of urea groups is 1. The number of hydrogen-bond donors (Lipinski definition) is 4. The summed E-state index contributed by atoms with van der Waals surface area (Å²) in [6.07, 6.45) is 3.51. The summed E-state index contributed by atoms with van der Waals surface area (Å²) in [5.41, 5.74) is 5.93. The van der Waals surface area contributed by atoms with E-state index in [0.717, 1.165) is 27.6 Å². The van der Waals surface area contributed by atoms with Crippen LogP contribution in [0.4, 0.5) is 32.7 Å². The van der Waals surface area contributed by atoms with Gasteiger partial charge in [0, 0.05) is 51.7 Å². The van der Waals surface area contributed by atoms with Crippen LogP contribution in [-0.4, -0.2) is 29.0 Å². The predicted octanol–water partition coefficient (Wildman–Crippen LogP) is 7.16. The Balaban J connectivity index is 1.19. The van der Waals surface area contributed by atoms with E-state index in [0.29, 0.717) is 28.4 Å². The van der Waals surface area contributed by atoms with Crippen LogP contribution in [0.3, 0.4) is 0 Å². The van der Waals surface area contributed by atoms with Gasteiger partial charge in [-0.1, -0.05) is 6.07 Å². The van der Waals surface area contributed by atoms with Crippen LogP contribution < -0.4 is 26.0 Å². The van der Waals surface area contributed by atoms with Crippen LogP contribution in [0.2, 0.25) is 0 Å². The summed E-state index contributed by atoms with van der Waals surface area (Å²) in [5, 5.41) is 14.5. The number of rotatable bonds is 8. The second kappa shape index (κ2) is 12.1. The lowest BCUT2D eigenvalue weighted by Crippen LogP contribution is -2.19. The highest BCUT2D eigenvalue weighted by Crippen LogP contribution is 2.29. The smallest absolute Gasteiger partial charge is 0.323 e. The van der Waals surface area contributed by atoms with E-state index in [-0.39, 0.29) is 5.91 Å². The summed E-state index contributed by atoms with van der Waals surface area (Å²) in [5.74, 6) is 0.435. The van der Waals surface area contributed by atoms with Gasteiger partial charge in [0.05, 0.1) is 12.8 Å². The van der Waals surface area contributed by atoms with E-state index in [1.807, 2.05) is 42.6 Å². The monoisotopic (exact) mass is 550 g/mol. The average molecular weight is 551 g/mol. The van der Waals surface area contributed by atoms with Gasteiger partial charge in [-0.05, 0) is 85.3 Å². The lowest BCUT2D eigenvalue weighted by Gasteiger charge is -2.12. The second-order valence-corrected chi connectivity index (χ2v) is 9.63. The lowest BCUT2D eigenvalue weighted by molar-refractivity contribution is 0.102. The number of thiazole rings is 1. The Kier molecular flexibility index (Phi) is 7.98. The first kappa shape index (κ1) is 26.4. The molecule has 0 aliphatic carbocycles. The maximum absolute atomic E-state index is 12.9. The highest BCUT2D eigenvalue weighted by atomic mass is 32.1. The quantitative estimate of drug-likeness (QED) is 0.163. The Hall–Kier alpha value is -5.22. The van der Waals surface area contributed by atoms with Crippen molar-refractivity contribution in [3.63, 3.8) is 0 Å². The zero-order valence-electron chi connectivity index (χ0n) is 21.8. The number of pyridine rings is 1. The van der Waals surface area contributed by atoms with Crippen LogP contribution in [0.1, 0.15) is 15.9 Å². The summed E-state index contributed by atoms with van der Waals surface area (Å²) in [7, 11) is 1.58. The van der Waals surface area contributed by atoms with Crippen molar-refractivity contribution in [2.75, 3.05) is 28.4 Å². The van der Waals surface area contributed by atoms with Crippen molar-refractivity contribution < 1.29 is 14.3 Å². The number of aromatic nitrogens is 2. The fourth-order valence-corrected chi connectivity index (χ4v) is 4.54. The van der Waals surface area contributed by atoms with E-state index in [1.165, 1.54) is 11.3 Å². The first-order chi connectivity index (χ1) is 19.5. The summed E-state index contributed by atoms with van der Waals surface area (Å²) < 4.78 is 5.12. The molecule has 0 aliphatic rings. The molecule has 10 heteroatoms. The molecule has 0 atom stereocenters. The van der Waals surface area contributed by atoms with Crippen molar-refractivity contribution in [3.05, 3.63) is 108 Å². The molecule has 2 aromatic heterocycles. The summed E-state index contributed by atoms with van der Waals surface area (Å²) >= 11 is 1.49. The topological polar surface area (TPSA) is 117 Å². The Bertz CT molecular complexity index is 1620. The van der Waals surface area contributed by atoms with E-state index in [2.05, 4.69) is 31.2 Å². The molecule has 5 aromatic rings. The normalized spacial score (nSPS) is 10.4. The summed E-state index contributed by atoms with van der Waals surface area (Å²) in [4.78, 5) is 34.0. The molecule has 0 aliphatic heterocycles. The van der Waals surface area contributed by atoms with E-state index in [9.17, 15) is 9.59 Å². The van der Waals surface area contributed by atoms with Crippen LogP contribution in [0.15, 0.2) is 96.6 Å². The summed E-state index contributed by atoms with van der Waals surface area (Å²) in [6, 6.07) is 22.8. The molecule has 40 heavy (non-hydrogen) atoms. The third-order valence-corrected chi connectivity index (χ3v) is 6.71. The standard InChI is InChI=1S/C30H26N6O3S/c1-19-5-8-24(16-26(19)35-30-36-27(18-40-30)21-4-3-15-31-17-21)32-28(37)20-6-9-22(10-7-20)33-29(38)34-23-11-13-25(39-2)14-12-23/h3-18H,1-2H3,(H,32,37)(H,35,36)(H2,33,34,38). The van der Waals surface area contributed by atoms with E-state index < -0.39 is 6.03 Å². The van der Waals surface area contributed by atoms with E-state index in [4.69, 9.17) is 4.74 Å². The molecule has 200 valence electrons. The number of carbonyl (C=O) groups excluding carboxylic acids is 2. The summed E-state index contributed by atoms with van der Waals surface area (Å²) in [6.45, 7) is 1.99. The molecule has 0 unspecified atom stereocenters. The third kappa shape index (κ3) is 6.61. The van der Waals surface area contributed by atoms with Gasteiger partial charge in [0.25, 0.3) is 5.91 Å². The number of nitrogens with one attached hydrogen (secondary N) is 4. The molecule has 0 radical (unpaired) electrons. The average Bonchev–Trinajstić information content (AvgIpc) is 3.44. The molecular formula is C30H26N6O3S. The molecule has 4 N–H and O–H groups in total. The van der Waals surface area contributed by atoms with Gasteiger partial charge in [-0.3, -0.25) is 9.78 Å². The zero-order valence-corrected chi connectivity index (χ0v) is 22.6. The van der Waals surface area contributed by atoms with Crippen LogP contribution in [0.25, 0.3) is 11.3 Å². The SMILES string of the molecule is COc1ccc(NC(=O)Nc2ccc(C(=O)Nc3ccc(C)c(Nc4nc(-c5cccnc5)cs4)c3)cc2)cc1. The molecule has 0 spiro atoms. The van der Waals surface area contributed by atoms with Gasteiger partial charge < -0.3 is 26.0 Å². The molecule has 0 saturated heterocycles. The van der Waals surface area contributed by atoms with Crippen molar-refractivity contribution in [2.45, 2.75) is 6.92 Å². The number of anilines is 5. The highest BCUT2D eigenvalue weighted by Gasteiger charge is 2.11. The van der Waals surface area contributed by atoms with Crippen molar-refractivity contribution in [1.82, 2.24) is 9.97 Å². The minimum atomic E-state index is -0.394. The Morgan fingerprint density at radius 2 is 1.55 bits per heavy atom. The molecule has 3 amide bonds. The molecule has 0 fully saturated rings. The minimum Gasteiger partial charge on any atom is -0.497 e. The predicted molar refractivity (Wildman–Crippen MR) is 160 cm³/mol. The van der Waals surface area contributed by atoms with Gasteiger partial charge in [0.2, 0.25) is 0 Å². The number of ether oxygens (including phenoxy) is 1. The molecule has 2 heterocycles. The molecule has 9 nitrogen and oxygen atoms in total. The number of carbonyl (C=O) groups is 2. The van der Waals surface area contributed by atoms with Gasteiger partial charge in [-0.25, -0.2) is 9.78 Å². The molecule has 0 bridgehead atoms. The maximum atomic E-state index is 12.9. The van der Waals surface area contributed by atoms with E-state index in [1.54, 1.807) is 68.0 Å². The number of methoxy groups -OCH3 is 1. The van der Waals surface area contributed by atoms with E-state index >= 15 is 0 Å². The first-order valence-electron chi connectivity index (χ1n) is 12.3. The fourth-order valence-electron chi connectivity index (χ4n) is 3.80. The Labute approximate surface area is 235 Å². The van der Waals surface area contributed by atoms with Crippen molar-refractivity contribution in [1.29, 1.82) is 0 Å². The number of benzene rings is 3. The number of aryl methyl sites for hydroxylation is 1. The van der Waals surface area contributed by atoms with Crippen LogP contribution in [0, 0.1) is 6.92 Å². The Morgan fingerprint density at radius 1 is 0.850 bits per heavy atom. The number of amides is 3. The van der Waals surface area contributed by atoms with Gasteiger partial charge in [-0.2, -0.15) is 0 Å². The minimum absolute atomic E-state index is 0.267. The Morgan fingerprint density at radius 3 is 2.23 bits per heavy atom. The van der Waals surface area contributed by atoms with Crippen molar-refractivity contribution >= 4 is 51.2 Å². The van der Waals surface area contributed by atoms with Crippen molar-refractivity contribution in [2.24, 2.45) is 0 Å². The number of nitrogens with zero attached hydrogens (tertiary/aromatic N) is 2. The van der Waals surface area contributed by atoms with Crippen LogP contribution in [0.5, 0.6) is 5.75 Å². The van der Waals surface area contributed by atoms with Gasteiger partial charge in [0.15, 0.2) is 5.13 Å². The molecular weight excluding hydrogens is 524 g/mol. The maximum Gasteiger partial charge on any atom is 0.323 e. The van der Waals surface area contributed by atoms with Crippen molar-refractivity contribution in [3.8, 4) is 17.0 Å². The van der Waals surface area contributed by atoms with Gasteiger partial charge in [-0.15, -0.1) is 11.3 Å². The van der Waals surface area contributed by atoms with Gasteiger partial charge in [0.1, 0.15) is 5.75 Å². The highest BCUT2D eigenvalue weighted by molar-refractivity contribution is 7.14. The largest absolute Gasteiger partial charge is 0.497 e. The molecule has 5 rings (SSSR count). The third-order valence-electron chi connectivity index (χ3n) is 5.95.